The van der Waals surface area contributed by atoms with Crippen molar-refractivity contribution < 1.29 is 19.0 Å². The van der Waals surface area contributed by atoms with Crippen molar-refractivity contribution in [1.82, 2.24) is 0 Å². The lowest BCUT2D eigenvalue weighted by molar-refractivity contribution is -0.326. The molecular formula is C13H17NO4. The van der Waals surface area contributed by atoms with Crippen molar-refractivity contribution in [2.75, 3.05) is 21.3 Å². The molecule has 0 aliphatic rings. The first-order valence-corrected chi connectivity index (χ1v) is 5.32. The molecule has 0 unspecified atom stereocenters. The van der Waals surface area contributed by atoms with Crippen LogP contribution in [0.15, 0.2) is 42.1 Å². The monoisotopic (exact) mass is 251 g/mol. The van der Waals surface area contributed by atoms with E-state index in [0.717, 1.165) is 0 Å². The predicted octanol–water partition coefficient (Wildman–Crippen LogP) is 1.30. The molecule has 0 amide bonds. The third-order valence-electron chi connectivity index (χ3n) is 2.50. The van der Waals surface area contributed by atoms with Gasteiger partial charge in [0.25, 0.3) is 0 Å². The van der Waals surface area contributed by atoms with Gasteiger partial charge >= 0.3 is 5.97 Å². The molecule has 0 aliphatic carbocycles. The van der Waals surface area contributed by atoms with Crippen LogP contribution < -0.4 is 5.73 Å². The van der Waals surface area contributed by atoms with E-state index >= 15 is 0 Å². The summed E-state index contributed by atoms with van der Waals surface area (Å²) in [6.45, 7) is 0. The Hall–Kier alpha value is -1.69. The Morgan fingerprint density at radius 2 is 1.61 bits per heavy atom. The summed E-state index contributed by atoms with van der Waals surface area (Å²) >= 11 is 0. The van der Waals surface area contributed by atoms with E-state index in [1.807, 2.05) is 6.07 Å². The second kappa shape index (κ2) is 6.30. The van der Waals surface area contributed by atoms with Gasteiger partial charge in [-0.2, -0.15) is 0 Å². The van der Waals surface area contributed by atoms with Crippen LogP contribution in [0.5, 0.6) is 0 Å². The molecule has 5 nitrogen and oxygen atoms in total. The number of rotatable bonds is 6. The van der Waals surface area contributed by atoms with Crippen molar-refractivity contribution in [1.29, 1.82) is 0 Å². The van der Waals surface area contributed by atoms with Crippen LogP contribution in [0.2, 0.25) is 0 Å². The highest BCUT2D eigenvalue weighted by Gasteiger charge is 2.33. The van der Waals surface area contributed by atoms with Gasteiger partial charge in [0.05, 0.1) is 0 Å². The highest BCUT2D eigenvalue weighted by molar-refractivity contribution is 6.04. The summed E-state index contributed by atoms with van der Waals surface area (Å²) in [5.41, 5.74) is 6.36. The molecule has 0 aliphatic heterocycles. The average Bonchev–Trinajstić information content (AvgIpc) is 2.42. The van der Waals surface area contributed by atoms with E-state index in [2.05, 4.69) is 0 Å². The molecule has 1 aromatic carbocycles. The lowest BCUT2D eigenvalue weighted by Gasteiger charge is -2.28. The molecule has 18 heavy (non-hydrogen) atoms. The van der Waals surface area contributed by atoms with Crippen LogP contribution >= 0.6 is 0 Å². The highest BCUT2D eigenvalue weighted by atomic mass is 16.9. The first kappa shape index (κ1) is 14.4. The van der Waals surface area contributed by atoms with Gasteiger partial charge in [0, 0.05) is 33.0 Å². The van der Waals surface area contributed by atoms with Gasteiger partial charge in [0.15, 0.2) is 5.78 Å². The van der Waals surface area contributed by atoms with Crippen molar-refractivity contribution in [3.63, 3.8) is 0 Å². The van der Waals surface area contributed by atoms with E-state index in [0.29, 0.717) is 5.56 Å². The van der Waals surface area contributed by atoms with Gasteiger partial charge in [-0.3, -0.25) is 4.79 Å². The Morgan fingerprint density at radius 3 is 2.06 bits per heavy atom. The minimum absolute atomic E-state index is 0.0452. The number of carbonyl (C=O) groups excluding carboxylic acids is 1. The summed E-state index contributed by atoms with van der Waals surface area (Å²) in [5, 5.41) is 0. The van der Waals surface area contributed by atoms with Crippen LogP contribution in [-0.2, 0) is 14.2 Å². The number of allylic oxidation sites excluding steroid dienone is 1. The van der Waals surface area contributed by atoms with Crippen LogP contribution in [-0.4, -0.2) is 33.1 Å². The van der Waals surface area contributed by atoms with Crippen LogP contribution in [0, 0.1) is 0 Å². The number of ketones is 1. The molecule has 0 saturated heterocycles. The summed E-state index contributed by atoms with van der Waals surface area (Å²) in [6.07, 6.45) is 1.23. The topological polar surface area (TPSA) is 70.8 Å². The maximum absolute atomic E-state index is 11.9. The van der Waals surface area contributed by atoms with E-state index in [-0.39, 0.29) is 11.5 Å². The molecule has 0 radical (unpaired) electrons. The third kappa shape index (κ3) is 2.95. The van der Waals surface area contributed by atoms with E-state index in [1.54, 1.807) is 24.3 Å². The fourth-order valence-corrected chi connectivity index (χ4v) is 1.52. The predicted molar refractivity (Wildman–Crippen MR) is 66.8 cm³/mol. The van der Waals surface area contributed by atoms with Crippen molar-refractivity contribution in [2.45, 2.75) is 5.97 Å². The van der Waals surface area contributed by atoms with Crippen molar-refractivity contribution in [2.24, 2.45) is 5.73 Å². The molecule has 0 spiro atoms. The van der Waals surface area contributed by atoms with Crippen LogP contribution in [0.4, 0.5) is 0 Å². The second-order valence-corrected chi connectivity index (χ2v) is 3.50. The quantitative estimate of drug-likeness (QED) is 0.469. The van der Waals surface area contributed by atoms with Gasteiger partial charge in [-0.05, 0) is 0 Å². The summed E-state index contributed by atoms with van der Waals surface area (Å²) in [5.74, 6) is -1.78. The molecular weight excluding hydrogens is 234 g/mol. The Labute approximate surface area is 106 Å². The molecule has 1 rings (SSSR count). The minimum atomic E-state index is -1.54. The van der Waals surface area contributed by atoms with Gasteiger partial charge in [-0.25, -0.2) is 0 Å². The number of benzene rings is 1. The van der Waals surface area contributed by atoms with E-state index in [1.165, 1.54) is 27.4 Å². The Balaban J connectivity index is 2.99. The summed E-state index contributed by atoms with van der Waals surface area (Å²) in [6, 6.07) is 8.76. The van der Waals surface area contributed by atoms with E-state index in [4.69, 9.17) is 19.9 Å². The smallest absolute Gasteiger partial charge is 0.326 e. The number of ether oxygens (including phenoxy) is 3. The number of hydrogen-bond donors (Lipinski definition) is 1. The molecule has 0 saturated carbocycles. The van der Waals surface area contributed by atoms with Crippen LogP contribution in [0.25, 0.3) is 0 Å². The maximum atomic E-state index is 11.9. The standard InChI is InChI=1S/C13H17NO4/c1-16-13(17-2,18-3)12(14)9-11(15)10-7-5-4-6-8-10/h4-9H,14H2,1-3H3/b12-9-. The molecule has 0 fully saturated rings. The van der Waals surface area contributed by atoms with Crippen molar-refractivity contribution in [3.8, 4) is 0 Å². The van der Waals surface area contributed by atoms with E-state index in [9.17, 15) is 4.79 Å². The normalized spacial score (nSPS) is 12.5. The molecule has 0 aromatic heterocycles. The Kier molecular flexibility index (Phi) is 5.03. The lowest BCUT2D eigenvalue weighted by Crippen LogP contribution is -2.42. The minimum Gasteiger partial charge on any atom is -0.395 e. The van der Waals surface area contributed by atoms with Gasteiger partial charge in [-0.15, -0.1) is 0 Å². The summed E-state index contributed by atoms with van der Waals surface area (Å²) in [4.78, 5) is 11.9. The fraction of sp³-hybridized carbons (Fsp3) is 0.308. The number of methoxy groups -OCH3 is 3. The maximum Gasteiger partial charge on any atom is 0.326 e. The molecule has 98 valence electrons. The number of hydrogen-bond acceptors (Lipinski definition) is 5. The van der Waals surface area contributed by atoms with Crippen LogP contribution in [0.1, 0.15) is 10.4 Å². The largest absolute Gasteiger partial charge is 0.395 e. The SMILES string of the molecule is COC(OC)(OC)/C(N)=C/C(=O)c1ccccc1. The fourth-order valence-electron chi connectivity index (χ4n) is 1.52. The first-order valence-electron chi connectivity index (χ1n) is 5.32. The molecule has 2 N–H and O–H groups in total. The number of carbonyl (C=O) groups is 1. The van der Waals surface area contributed by atoms with Crippen LogP contribution in [0.3, 0.4) is 0 Å². The van der Waals surface area contributed by atoms with Crippen molar-refractivity contribution >= 4 is 5.78 Å². The Bertz CT molecular complexity index is 416. The first-order chi connectivity index (χ1) is 8.59. The molecule has 5 heteroatoms. The lowest BCUT2D eigenvalue weighted by atomic mass is 10.1. The highest BCUT2D eigenvalue weighted by Crippen LogP contribution is 2.19. The molecule has 0 atom stereocenters. The van der Waals surface area contributed by atoms with Gasteiger partial charge in [0.2, 0.25) is 0 Å². The zero-order chi connectivity index (χ0) is 13.6. The van der Waals surface area contributed by atoms with Gasteiger partial charge in [-0.1, -0.05) is 30.3 Å². The second-order valence-electron chi connectivity index (χ2n) is 3.50. The molecule has 1 aromatic rings. The Morgan fingerprint density at radius 1 is 1.11 bits per heavy atom. The zero-order valence-corrected chi connectivity index (χ0v) is 10.7. The van der Waals surface area contributed by atoms with Crippen molar-refractivity contribution in [3.05, 3.63) is 47.7 Å². The molecule has 0 heterocycles. The summed E-state index contributed by atoms with van der Waals surface area (Å²) < 4.78 is 15.1. The third-order valence-corrected chi connectivity index (χ3v) is 2.50. The average molecular weight is 251 g/mol. The van der Waals surface area contributed by atoms with Gasteiger partial charge in [0.1, 0.15) is 5.70 Å². The number of nitrogens with two attached hydrogens (primary N) is 1. The van der Waals surface area contributed by atoms with E-state index < -0.39 is 5.97 Å². The van der Waals surface area contributed by atoms with Gasteiger partial charge < -0.3 is 19.9 Å². The molecule has 0 bridgehead atoms. The summed E-state index contributed by atoms with van der Waals surface area (Å²) in [7, 11) is 4.13. The zero-order valence-electron chi connectivity index (χ0n) is 10.7.